The van der Waals surface area contributed by atoms with E-state index in [1.807, 2.05) is 72.8 Å². The van der Waals surface area contributed by atoms with Gasteiger partial charge < -0.3 is 0 Å². The molecule has 2 aromatic carbocycles. The Bertz CT molecular complexity index is 443. The molecule has 1 heteroatoms. The molecule has 0 bridgehead atoms. The van der Waals surface area contributed by atoms with Crippen molar-refractivity contribution in [3.63, 3.8) is 0 Å². The minimum Gasteiger partial charge on any atom is -0.0985 e. The van der Waals surface area contributed by atoms with Gasteiger partial charge in [0.25, 0.3) is 0 Å². The molecule has 86 valence electrons. The molecule has 0 aliphatic carbocycles. The zero-order valence-electron chi connectivity index (χ0n) is 9.59. The Kier molecular flexibility index (Phi) is 6.54. The van der Waals surface area contributed by atoms with Crippen LogP contribution in [0.15, 0.2) is 72.8 Å². The van der Waals surface area contributed by atoms with Gasteiger partial charge in [0.2, 0.25) is 0 Å². The van der Waals surface area contributed by atoms with E-state index < -0.39 is 0 Å². The Morgan fingerprint density at radius 1 is 0.765 bits per heavy atom. The normalized spacial score (nSPS) is 9.47. The molecule has 0 fully saturated rings. The predicted molar refractivity (Wildman–Crippen MR) is 77.9 cm³/mol. The Hall–Kier alpha value is -1.79. The van der Waals surface area contributed by atoms with Gasteiger partial charge in [-0.3, -0.25) is 0 Å². The quantitative estimate of drug-likeness (QED) is 0.677. The van der Waals surface area contributed by atoms with Gasteiger partial charge in [0, 0.05) is 5.54 Å². The summed E-state index contributed by atoms with van der Waals surface area (Å²) in [7, 11) is 0. The number of hydrogen-bond acceptors (Lipinski definition) is 0. The fourth-order valence-electron chi connectivity index (χ4n) is 1.23. The predicted octanol–water partition coefficient (Wildman–Crippen LogP) is 5.23. The summed E-state index contributed by atoms with van der Waals surface area (Å²) < 4.78 is 0. The molecule has 0 aromatic heterocycles. The van der Waals surface area contributed by atoms with Crippen molar-refractivity contribution < 1.29 is 0 Å². The van der Waals surface area contributed by atoms with Gasteiger partial charge in [-0.1, -0.05) is 84.9 Å². The molecule has 17 heavy (non-hydrogen) atoms. The van der Waals surface area contributed by atoms with E-state index in [2.05, 4.69) is 6.58 Å². The minimum absolute atomic E-state index is 1.13. The molecular weight excluding hydrogens is 228 g/mol. The van der Waals surface area contributed by atoms with Crippen molar-refractivity contribution in [1.29, 1.82) is 0 Å². The Morgan fingerprint density at radius 3 is 1.59 bits per heavy atom. The van der Waals surface area contributed by atoms with Gasteiger partial charge in [0.15, 0.2) is 0 Å². The lowest BCUT2D eigenvalue weighted by molar-refractivity contribution is 1.66. The molecule has 0 N–H and O–H groups in total. The maximum atomic E-state index is 5.36. The summed E-state index contributed by atoms with van der Waals surface area (Å²) in [5.41, 5.74) is 3.81. The second-order valence-electron chi connectivity index (χ2n) is 3.32. The van der Waals surface area contributed by atoms with E-state index in [0.29, 0.717) is 0 Å². The first-order chi connectivity index (χ1) is 8.36. The first-order valence-electron chi connectivity index (χ1n) is 5.36. The van der Waals surface area contributed by atoms with E-state index in [1.54, 1.807) is 0 Å². The van der Waals surface area contributed by atoms with Crippen LogP contribution in [0, 0.1) is 0 Å². The average molecular weight is 243 g/mol. The van der Waals surface area contributed by atoms with Crippen LogP contribution >= 0.6 is 11.6 Å². The number of hydrogen-bond donors (Lipinski definition) is 0. The van der Waals surface area contributed by atoms with Gasteiger partial charge in [0.05, 0.1) is 0 Å². The summed E-state index contributed by atoms with van der Waals surface area (Å²) in [6, 6.07) is 20.0. The lowest BCUT2D eigenvalue weighted by Gasteiger charge is -1.86. The highest BCUT2D eigenvalue weighted by Gasteiger charge is 1.78. The van der Waals surface area contributed by atoms with Crippen LogP contribution in [0.1, 0.15) is 11.1 Å². The van der Waals surface area contributed by atoms with Crippen LogP contribution in [0.2, 0.25) is 0 Å². The zero-order chi connectivity index (χ0) is 12.3. The molecule has 0 saturated heterocycles. The van der Waals surface area contributed by atoms with Gasteiger partial charge in [-0.05, 0) is 17.2 Å². The summed E-state index contributed by atoms with van der Waals surface area (Å²) in [5.74, 6) is 0. The minimum atomic E-state index is 1.13. The summed E-state index contributed by atoms with van der Waals surface area (Å²) in [6.07, 6.45) is 3.68. The lowest BCUT2D eigenvalue weighted by Crippen LogP contribution is -1.64. The van der Waals surface area contributed by atoms with Crippen LogP contribution in [0.3, 0.4) is 0 Å². The molecule has 0 atom stereocenters. The standard InChI is InChI=1S/C8H7Cl.C8H8/c9-7-6-8-4-2-1-3-5-8;1-2-8-6-4-3-5-7-8/h1-7H;2-7H,1H2. The van der Waals surface area contributed by atoms with Gasteiger partial charge in [-0.25, -0.2) is 0 Å². The van der Waals surface area contributed by atoms with E-state index in [0.717, 1.165) is 5.56 Å². The molecule has 2 aromatic rings. The molecule has 0 nitrogen and oxygen atoms in total. The number of halogens is 1. The van der Waals surface area contributed by atoms with Gasteiger partial charge in [-0.15, -0.1) is 0 Å². The summed E-state index contributed by atoms with van der Waals surface area (Å²) in [4.78, 5) is 0. The summed E-state index contributed by atoms with van der Waals surface area (Å²) in [5, 5.41) is 0. The molecule has 0 aliphatic heterocycles. The highest BCUT2D eigenvalue weighted by atomic mass is 35.5. The molecule has 0 saturated carbocycles. The van der Waals surface area contributed by atoms with Crippen molar-refractivity contribution in [3.05, 3.63) is 83.9 Å². The zero-order valence-corrected chi connectivity index (χ0v) is 10.3. The summed E-state index contributed by atoms with van der Waals surface area (Å²) in [6.45, 7) is 3.63. The van der Waals surface area contributed by atoms with E-state index in [4.69, 9.17) is 11.6 Å². The topological polar surface area (TPSA) is 0 Å². The van der Waals surface area contributed by atoms with Crippen LogP contribution in [-0.2, 0) is 0 Å². The first kappa shape index (κ1) is 13.3. The molecule has 0 amide bonds. The lowest BCUT2D eigenvalue weighted by atomic mass is 10.2. The third-order valence-corrected chi connectivity index (χ3v) is 2.22. The second-order valence-corrected chi connectivity index (χ2v) is 3.57. The van der Waals surface area contributed by atoms with Crippen LogP contribution in [-0.4, -0.2) is 0 Å². The molecule has 2 rings (SSSR count). The first-order valence-corrected chi connectivity index (χ1v) is 5.79. The third-order valence-electron chi connectivity index (χ3n) is 2.09. The van der Waals surface area contributed by atoms with Crippen LogP contribution < -0.4 is 0 Å². The Morgan fingerprint density at radius 2 is 1.24 bits per heavy atom. The van der Waals surface area contributed by atoms with Crippen molar-refractivity contribution in [2.24, 2.45) is 0 Å². The van der Waals surface area contributed by atoms with Crippen LogP contribution in [0.25, 0.3) is 12.2 Å². The smallest absolute Gasteiger partial charge is 0.00484 e. The SMILES string of the molecule is C=Cc1ccccc1.ClC=Cc1ccccc1. The van der Waals surface area contributed by atoms with E-state index in [-0.39, 0.29) is 0 Å². The average Bonchev–Trinajstić information content (AvgIpc) is 2.42. The Labute approximate surface area is 108 Å². The monoisotopic (exact) mass is 242 g/mol. The molecule has 0 spiro atoms. The van der Waals surface area contributed by atoms with Crippen molar-refractivity contribution in [2.75, 3.05) is 0 Å². The Balaban J connectivity index is 0.000000171. The largest absolute Gasteiger partial charge is 0.0985 e. The van der Waals surface area contributed by atoms with Crippen molar-refractivity contribution >= 4 is 23.8 Å². The molecular formula is C16H15Cl. The molecule has 0 unspecified atom stereocenters. The van der Waals surface area contributed by atoms with Crippen LogP contribution in [0.4, 0.5) is 0 Å². The molecule has 0 radical (unpaired) electrons. The maximum Gasteiger partial charge on any atom is 0.00484 e. The summed E-state index contributed by atoms with van der Waals surface area (Å²) >= 11 is 5.36. The van der Waals surface area contributed by atoms with E-state index >= 15 is 0 Å². The van der Waals surface area contributed by atoms with E-state index in [9.17, 15) is 0 Å². The van der Waals surface area contributed by atoms with Gasteiger partial charge in [0.1, 0.15) is 0 Å². The highest BCUT2D eigenvalue weighted by Crippen LogP contribution is 2.00. The highest BCUT2D eigenvalue weighted by molar-refractivity contribution is 6.27. The number of benzene rings is 2. The fourth-order valence-corrected chi connectivity index (χ4v) is 1.37. The third kappa shape index (κ3) is 5.74. The van der Waals surface area contributed by atoms with Gasteiger partial charge >= 0.3 is 0 Å². The van der Waals surface area contributed by atoms with Crippen LogP contribution in [0.5, 0.6) is 0 Å². The van der Waals surface area contributed by atoms with Crippen molar-refractivity contribution in [3.8, 4) is 0 Å². The van der Waals surface area contributed by atoms with Crippen molar-refractivity contribution in [1.82, 2.24) is 0 Å². The fraction of sp³-hybridized carbons (Fsp3) is 0. The van der Waals surface area contributed by atoms with Gasteiger partial charge in [-0.2, -0.15) is 0 Å². The number of rotatable bonds is 2. The molecule has 0 aliphatic rings. The second kappa shape index (κ2) is 8.37. The van der Waals surface area contributed by atoms with Crippen molar-refractivity contribution in [2.45, 2.75) is 0 Å². The maximum absolute atomic E-state index is 5.36. The van der Waals surface area contributed by atoms with E-state index in [1.165, 1.54) is 11.1 Å². The molecule has 0 heterocycles.